The van der Waals surface area contributed by atoms with Crippen molar-refractivity contribution in [2.24, 2.45) is 0 Å². The van der Waals surface area contributed by atoms with Crippen molar-refractivity contribution in [1.29, 1.82) is 0 Å². The van der Waals surface area contributed by atoms with E-state index < -0.39 is 9.05 Å². The molecule has 0 atom stereocenters. The van der Waals surface area contributed by atoms with Crippen LogP contribution in [0.3, 0.4) is 0 Å². The number of imidazole rings is 1. The van der Waals surface area contributed by atoms with Crippen LogP contribution >= 0.6 is 38.2 Å². The summed E-state index contributed by atoms with van der Waals surface area (Å²) < 4.78 is 22.7. The number of aromatic nitrogens is 2. The van der Waals surface area contributed by atoms with Gasteiger partial charge in [-0.15, -0.1) is 0 Å². The van der Waals surface area contributed by atoms with Crippen LogP contribution < -0.4 is 0 Å². The van der Waals surface area contributed by atoms with Gasteiger partial charge in [0.05, 0.1) is 15.4 Å². The summed E-state index contributed by atoms with van der Waals surface area (Å²) in [5.41, 5.74) is 1.00. The minimum Gasteiger partial charge on any atom is -0.332 e. The average Bonchev–Trinajstić information content (AvgIpc) is 2.44. The van der Waals surface area contributed by atoms with Crippen LogP contribution in [0.2, 0.25) is 5.02 Å². The number of rotatable bonds is 1. The summed E-state index contributed by atoms with van der Waals surface area (Å²) in [5.74, 6) is 0. The Morgan fingerprint density at radius 2 is 2.07 bits per heavy atom. The highest BCUT2D eigenvalue weighted by atomic mass is 79.9. The molecule has 80 valence electrons. The fourth-order valence-electron chi connectivity index (χ4n) is 1.16. The van der Waals surface area contributed by atoms with Gasteiger partial charge in [-0.3, -0.25) is 0 Å². The fourth-order valence-corrected chi connectivity index (χ4v) is 2.66. The molecule has 0 spiro atoms. The lowest BCUT2D eigenvalue weighted by molar-refractivity contribution is 0.609. The van der Waals surface area contributed by atoms with Gasteiger partial charge in [-0.05, 0) is 28.1 Å². The molecule has 0 bridgehead atoms. The van der Waals surface area contributed by atoms with Crippen LogP contribution in [0.1, 0.15) is 0 Å². The summed E-state index contributed by atoms with van der Waals surface area (Å²) in [6.07, 6.45) is 0. The summed E-state index contributed by atoms with van der Waals surface area (Å²) >= 11 is 8.98. The smallest absolute Gasteiger partial charge is 0.261 e. The minimum atomic E-state index is -3.78. The summed E-state index contributed by atoms with van der Waals surface area (Å²) in [5, 5.41) is 0.230. The van der Waals surface area contributed by atoms with Crippen molar-refractivity contribution in [3.8, 4) is 0 Å². The first-order valence-electron chi connectivity index (χ1n) is 3.67. The number of nitrogens with one attached hydrogen (secondary N) is 1. The highest BCUT2D eigenvalue weighted by Gasteiger charge is 2.14. The van der Waals surface area contributed by atoms with E-state index >= 15 is 0 Å². The maximum Gasteiger partial charge on any atom is 0.261 e. The molecular formula is C7H3BrCl2N2O2S. The third-order valence-corrected chi connectivity index (χ3v) is 3.76. The molecule has 0 unspecified atom stereocenters. The Hall–Kier alpha value is -0.300. The molecular weight excluding hydrogens is 327 g/mol. The molecule has 0 saturated heterocycles. The maximum absolute atomic E-state index is 11.1. The van der Waals surface area contributed by atoms with E-state index in [1.165, 1.54) is 12.1 Å². The van der Waals surface area contributed by atoms with Gasteiger partial charge in [0.15, 0.2) is 4.73 Å². The van der Waals surface area contributed by atoms with E-state index in [1.807, 2.05) is 0 Å². The highest BCUT2D eigenvalue weighted by Crippen LogP contribution is 2.28. The molecule has 0 saturated carbocycles. The van der Waals surface area contributed by atoms with E-state index in [1.54, 1.807) is 0 Å². The third-order valence-electron chi connectivity index (χ3n) is 1.77. The van der Waals surface area contributed by atoms with Crippen LogP contribution in [0.25, 0.3) is 11.0 Å². The molecule has 0 aliphatic carbocycles. The van der Waals surface area contributed by atoms with Crippen molar-refractivity contribution < 1.29 is 8.42 Å². The summed E-state index contributed by atoms with van der Waals surface area (Å²) in [4.78, 5) is 6.78. The van der Waals surface area contributed by atoms with Crippen molar-refractivity contribution in [2.75, 3.05) is 0 Å². The summed E-state index contributed by atoms with van der Waals surface area (Å²) in [6, 6.07) is 2.64. The molecule has 8 heteroatoms. The molecule has 1 N–H and O–H groups in total. The van der Waals surface area contributed by atoms with Crippen LogP contribution in [-0.2, 0) is 9.05 Å². The van der Waals surface area contributed by atoms with Crippen LogP contribution in [0, 0.1) is 0 Å². The first-order chi connectivity index (χ1) is 6.88. The molecule has 0 radical (unpaired) electrons. The second-order valence-electron chi connectivity index (χ2n) is 2.77. The predicted molar refractivity (Wildman–Crippen MR) is 61.8 cm³/mol. The van der Waals surface area contributed by atoms with Gasteiger partial charge in [-0.1, -0.05) is 11.6 Å². The van der Waals surface area contributed by atoms with E-state index in [2.05, 4.69) is 25.9 Å². The van der Waals surface area contributed by atoms with Crippen LogP contribution in [0.4, 0.5) is 0 Å². The van der Waals surface area contributed by atoms with Crippen molar-refractivity contribution in [3.63, 3.8) is 0 Å². The Kier molecular flexibility index (Phi) is 2.70. The topological polar surface area (TPSA) is 62.8 Å². The quantitative estimate of drug-likeness (QED) is 0.818. The number of fused-ring (bicyclic) bond motifs is 1. The standard InChI is InChI=1S/C7H3BrCl2N2O2S/c8-7-11-5-2-3(15(10,13)14)1-4(9)6(5)12-7/h1-2H,(H,11,12). The van der Waals surface area contributed by atoms with Gasteiger partial charge in [0, 0.05) is 10.7 Å². The van der Waals surface area contributed by atoms with Crippen LogP contribution in [0.15, 0.2) is 21.8 Å². The average molecular weight is 330 g/mol. The van der Waals surface area contributed by atoms with Gasteiger partial charge in [0.2, 0.25) is 0 Å². The summed E-state index contributed by atoms with van der Waals surface area (Å²) in [6.45, 7) is 0. The van der Waals surface area contributed by atoms with E-state index in [4.69, 9.17) is 22.3 Å². The monoisotopic (exact) mass is 328 g/mol. The Balaban J connectivity index is 2.84. The number of aromatic amines is 1. The van der Waals surface area contributed by atoms with Crippen molar-refractivity contribution in [2.45, 2.75) is 4.90 Å². The normalized spacial score (nSPS) is 12.2. The number of hydrogen-bond donors (Lipinski definition) is 1. The number of benzene rings is 1. The largest absolute Gasteiger partial charge is 0.332 e. The second-order valence-corrected chi connectivity index (χ2v) is 6.49. The number of nitrogens with zero attached hydrogens (tertiary/aromatic N) is 1. The molecule has 0 fully saturated rings. The predicted octanol–water partition coefficient (Wildman–Crippen LogP) is 2.91. The zero-order chi connectivity index (χ0) is 11.2. The first-order valence-corrected chi connectivity index (χ1v) is 7.15. The molecule has 15 heavy (non-hydrogen) atoms. The van der Waals surface area contributed by atoms with Gasteiger partial charge < -0.3 is 4.98 Å². The van der Waals surface area contributed by atoms with E-state index in [0.717, 1.165) is 0 Å². The van der Waals surface area contributed by atoms with Gasteiger partial charge >= 0.3 is 0 Å². The SMILES string of the molecule is O=S(=O)(Cl)c1cc(Cl)c2nc(Br)[nH]c2c1. The van der Waals surface area contributed by atoms with Crippen molar-refractivity contribution >= 4 is 58.3 Å². The lowest BCUT2D eigenvalue weighted by atomic mass is 10.3. The molecule has 0 amide bonds. The Bertz CT molecular complexity index is 638. The van der Waals surface area contributed by atoms with Gasteiger partial charge in [-0.25, -0.2) is 13.4 Å². The van der Waals surface area contributed by atoms with E-state index in [9.17, 15) is 8.42 Å². The highest BCUT2D eigenvalue weighted by molar-refractivity contribution is 9.10. The van der Waals surface area contributed by atoms with Gasteiger partial charge in [-0.2, -0.15) is 0 Å². The maximum atomic E-state index is 11.1. The van der Waals surface area contributed by atoms with Crippen molar-refractivity contribution in [1.82, 2.24) is 9.97 Å². The molecule has 4 nitrogen and oxygen atoms in total. The van der Waals surface area contributed by atoms with Crippen LogP contribution in [0.5, 0.6) is 0 Å². The Morgan fingerprint density at radius 1 is 1.40 bits per heavy atom. The lowest BCUT2D eigenvalue weighted by Crippen LogP contribution is -1.90. The molecule has 1 aromatic carbocycles. The molecule has 2 rings (SSSR count). The zero-order valence-corrected chi connectivity index (χ0v) is 10.9. The Morgan fingerprint density at radius 3 is 2.67 bits per heavy atom. The van der Waals surface area contributed by atoms with Crippen LogP contribution in [-0.4, -0.2) is 18.4 Å². The fraction of sp³-hybridized carbons (Fsp3) is 0. The first kappa shape index (κ1) is 11.2. The number of hydrogen-bond acceptors (Lipinski definition) is 3. The van der Waals surface area contributed by atoms with Crippen molar-refractivity contribution in [3.05, 3.63) is 21.9 Å². The molecule has 2 aromatic rings. The third kappa shape index (κ3) is 2.13. The van der Waals surface area contributed by atoms with E-state index in [0.29, 0.717) is 15.8 Å². The van der Waals surface area contributed by atoms with E-state index in [-0.39, 0.29) is 9.92 Å². The zero-order valence-electron chi connectivity index (χ0n) is 6.96. The molecule has 0 aliphatic rings. The lowest BCUT2D eigenvalue weighted by Gasteiger charge is -1.97. The number of halogens is 3. The Labute approximate surface area is 103 Å². The second kappa shape index (κ2) is 3.62. The van der Waals surface area contributed by atoms with Gasteiger partial charge in [0.1, 0.15) is 5.52 Å². The molecule has 1 aromatic heterocycles. The van der Waals surface area contributed by atoms with Gasteiger partial charge in [0.25, 0.3) is 9.05 Å². The minimum absolute atomic E-state index is 0.0576. The summed E-state index contributed by atoms with van der Waals surface area (Å²) in [7, 11) is 1.42. The molecule has 1 heterocycles. The molecule has 0 aliphatic heterocycles. The number of H-pyrrole nitrogens is 1.